The number of carboxylic acid groups (broad SMARTS) is 1. The molecular weight excluding hydrogens is 318 g/mol. The third-order valence-electron chi connectivity index (χ3n) is 3.13. The maximum atomic E-state index is 11.0. The van der Waals surface area contributed by atoms with Crippen LogP contribution in [0.3, 0.4) is 0 Å². The summed E-state index contributed by atoms with van der Waals surface area (Å²) in [5.41, 5.74) is 0.737. The van der Waals surface area contributed by atoms with Crippen molar-refractivity contribution in [2.45, 2.75) is 6.10 Å². The minimum absolute atomic E-state index is 0.0601. The van der Waals surface area contributed by atoms with Crippen LogP contribution in [0.25, 0.3) is 0 Å². The van der Waals surface area contributed by atoms with Gasteiger partial charge in [-0.15, -0.1) is 0 Å². The van der Waals surface area contributed by atoms with Gasteiger partial charge < -0.3 is 19.8 Å². The number of nitrogens with zero attached hydrogens (tertiary/aromatic N) is 1. The van der Waals surface area contributed by atoms with E-state index in [2.05, 4.69) is 0 Å². The van der Waals surface area contributed by atoms with Gasteiger partial charge in [0, 0.05) is 17.3 Å². The van der Waals surface area contributed by atoms with Crippen molar-refractivity contribution < 1.29 is 19.7 Å². The number of carboxylic acids is 1. The van der Waals surface area contributed by atoms with Crippen LogP contribution in [0.4, 0.5) is 5.69 Å². The van der Waals surface area contributed by atoms with Crippen molar-refractivity contribution in [3.8, 4) is 5.75 Å². The summed E-state index contributed by atoms with van der Waals surface area (Å²) in [6, 6.07) is 15.9. The zero-order valence-corrected chi connectivity index (χ0v) is 13.2. The summed E-state index contributed by atoms with van der Waals surface area (Å²) in [4.78, 5) is 12.6. The second-order valence-electron chi connectivity index (χ2n) is 5.03. The molecule has 0 aliphatic carbocycles. The summed E-state index contributed by atoms with van der Waals surface area (Å²) < 4.78 is 5.48. The SMILES string of the molecule is O=C(O)CN(CC(O)COc1ccc(Cl)cc1)c1ccccc1. The molecule has 0 fully saturated rings. The maximum Gasteiger partial charge on any atom is 0.323 e. The molecule has 2 aromatic carbocycles. The van der Waals surface area contributed by atoms with Gasteiger partial charge in [-0.25, -0.2) is 0 Å². The van der Waals surface area contributed by atoms with Crippen LogP contribution in [-0.2, 0) is 4.79 Å². The fourth-order valence-electron chi connectivity index (χ4n) is 2.09. The Morgan fingerprint density at radius 2 is 1.78 bits per heavy atom. The van der Waals surface area contributed by atoms with Crippen molar-refractivity contribution >= 4 is 23.3 Å². The third-order valence-corrected chi connectivity index (χ3v) is 3.39. The number of anilines is 1. The van der Waals surface area contributed by atoms with Crippen LogP contribution in [0.5, 0.6) is 5.75 Å². The topological polar surface area (TPSA) is 70.0 Å². The molecule has 0 spiro atoms. The van der Waals surface area contributed by atoms with Crippen molar-refractivity contribution in [1.29, 1.82) is 0 Å². The Morgan fingerprint density at radius 3 is 2.39 bits per heavy atom. The number of benzene rings is 2. The summed E-state index contributed by atoms with van der Waals surface area (Å²) in [6.07, 6.45) is -0.828. The molecule has 0 aromatic heterocycles. The Balaban J connectivity index is 1.93. The first kappa shape index (κ1) is 17.1. The molecule has 1 atom stereocenters. The monoisotopic (exact) mass is 335 g/mol. The standard InChI is InChI=1S/C17H18ClNO4/c18-13-6-8-16(9-7-13)23-12-15(20)10-19(11-17(21)22)14-4-2-1-3-5-14/h1-9,15,20H,10-12H2,(H,21,22). The lowest BCUT2D eigenvalue weighted by Gasteiger charge is -2.25. The Labute approximate surface area is 139 Å². The van der Waals surface area contributed by atoms with Crippen LogP contribution in [0.15, 0.2) is 54.6 Å². The van der Waals surface area contributed by atoms with Crippen LogP contribution >= 0.6 is 11.6 Å². The molecule has 23 heavy (non-hydrogen) atoms. The van der Waals surface area contributed by atoms with E-state index in [4.69, 9.17) is 21.4 Å². The van der Waals surface area contributed by atoms with Crippen LogP contribution in [-0.4, -0.2) is 42.0 Å². The van der Waals surface area contributed by atoms with Gasteiger partial charge in [-0.2, -0.15) is 0 Å². The third kappa shape index (κ3) is 5.81. The highest BCUT2D eigenvalue weighted by Gasteiger charge is 2.16. The Hall–Kier alpha value is -2.24. The Morgan fingerprint density at radius 1 is 1.13 bits per heavy atom. The quantitative estimate of drug-likeness (QED) is 0.776. The van der Waals surface area contributed by atoms with E-state index in [0.717, 1.165) is 5.69 Å². The van der Waals surface area contributed by atoms with E-state index in [-0.39, 0.29) is 19.7 Å². The average Bonchev–Trinajstić information content (AvgIpc) is 2.54. The van der Waals surface area contributed by atoms with E-state index in [0.29, 0.717) is 10.8 Å². The Kier molecular flexibility index (Phi) is 6.26. The first-order valence-electron chi connectivity index (χ1n) is 7.13. The molecule has 1 unspecified atom stereocenters. The van der Waals surface area contributed by atoms with Crippen molar-refractivity contribution in [1.82, 2.24) is 0 Å². The molecule has 2 rings (SSSR count). The summed E-state index contributed by atoms with van der Waals surface area (Å²) in [5.74, 6) is -0.363. The first-order valence-corrected chi connectivity index (χ1v) is 7.50. The molecule has 2 aromatic rings. The number of carbonyl (C=O) groups is 1. The second kappa shape index (κ2) is 8.41. The molecule has 0 aliphatic heterocycles. The van der Waals surface area contributed by atoms with Crippen LogP contribution in [0.1, 0.15) is 0 Å². The average molecular weight is 336 g/mol. The van der Waals surface area contributed by atoms with Crippen LogP contribution in [0, 0.1) is 0 Å². The number of rotatable bonds is 8. The Bertz CT molecular complexity index is 618. The summed E-state index contributed by atoms with van der Waals surface area (Å²) >= 11 is 5.79. The minimum Gasteiger partial charge on any atom is -0.491 e. The zero-order chi connectivity index (χ0) is 16.7. The van der Waals surface area contributed by atoms with E-state index < -0.39 is 12.1 Å². The molecule has 6 heteroatoms. The van der Waals surface area contributed by atoms with Gasteiger partial charge in [0.15, 0.2) is 0 Å². The number of aliphatic hydroxyl groups excluding tert-OH is 1. The number of para-hydroxylation sites is 1. The smallest absolute Gasteiger partial charge is 0.323 e. The largest absolute Gasteiger partial charge is 0.491 e. The van der Waals surface area contributed by atoms with Crippen LogP contribution in [0.2, 0.25) is 5.02 Å². The molecule has 0 amide bonds. The molecule has 0 saturated heterocycles. The molecule has 2 N–H and O–H groups in total. The van der Waals surface area contributed by atoms with Gasteiger partial charge in [0.2, 0.25) is 0 Å². The van der Waals surface area contributed by atoms with Crippen molar-refractivity contribution in [2.24, 2.45) is 0 Å². The van der Waals surface area contributed by atoms with Gasteiger partial charge in [0.25, 0.3) is 0 Å². The molecule has 0 bridgehead atoms. The number of ether oxygens (including phenoxy) is 1. The number of halogens is 1. The van der Waals surface area contributed by atoms with Gasteiger partial charge in [-0.1, -0.05) is 29.8 Å². The fourth-order valence-corrected chi connectivity index (χ4v) is 2.22. The zero-order valence-electron chi connectivity index (χ0n) is 12.4. The highest BCUT2D eigenvalue weighted by Crippen LogP contribution is 2.17. The van der Waals surface area contributed by atoms with Crippen LogP contribution < -0.4 is 9.64 Å². The summed E-state index contributed by atoms with van der Waals surface area (Å²) in [5, 5.41) is 19.8. The fraction of sp³-hybridized carbons (Fsp3) is 0.235. The van der Waals surface area contributed by atoms with E-state index in [1.807, 2.05) is 18.2 Å². The molecule has 0 aliphatic rings. The highest BCUT2D eigenvalue weighted by molar-refractivity contribution is 6.30. The van der Waals surface area contributed by atoms with Gasteiger partial charge >= 0.3 is 5.97 Å². The van der Waals surface area contributed by atoms with E-state index in [1.165, 1.54) is 0 Å². The summed E-state index contributed by atoms with van der Waals surface area (Å²) in [6.45, 7) is 0.0243. The normalized spacial score (nSPS) is 11.7. The van der Waals surface area contributed by atoms with Crippen molar-refractivity contribution in [3.63, 3.8) is 0 Å². The maximum absolute atomic E-state index is 11.0. The van der Waals surface area contributed by atoms with Crippen molar-refractivity contribution in [2.75, 3.05) is 24.6 Å². The first-order chi connectivity index (χ1) is 11.0. The minimum atomic E-state index is -0.959. The predicted molar refractivity (Wildman–Crippen MR) is 89.2 cm³/mol. The van der Waals surface area contributed by atoms with Gasteiger partial charge in [0.1, 0.15) is 25.0 Å². The van der Waals surface area contributed by atoms with E-state index in [9.17, 15) is 9.90 Å². The molecule has 0 saturated carbocycles. The molecule has 0 heterocycles. The van der Waals surface area contributed by atoms with Gasteiger partial charge in [-0.3, -0.25) is 4.79 Å². The summed E-state index contributed by atoms with van der Waals surface area (Å²) in [7, 11) is 0. The molecule has 0 radical (unpaired) electrons. The number of aliphatic hydroxyl groups is 1. The van der Waals surface area contributed by atoms with E-state index in [1.54, 1.807) is 41.3 Å². The van der Waals surface area contributed by atoms with Crippen molar-refractivity contribution in [3.05, 3.63) is 59.6 Å². The predicted octanol–water partition coefficient (Wildman–Crippen LogP) is 2.67. The lowest BCUT2D eigenvalue weighted by atomic mass is 10.2. The molecular formula is C17H18ClNO4. The second-order valence-corrected chi connectivity index (χ2v) is 5.46. The lowest BCUT2D eigenvalue weighted by molar-refractivity contribution is -0.135. The van der Waals surface area contributed by atoms with Gasteiger partial charge in [0.05, 0.1) is 0 Å². The number of hydrogen-bond donors (Lipinski definition) is 2. The highest BCUT2D eigenvalue weighted by atomic mass is 35.5. The molecule has 122 valence electrons. The number of hydrogen-bond acceptors (Lipinski definition) is 4. The molecule has 5 nitrogen and oxygen atoms in total. The number of aliphatic carboxylic acids is 1. The van der Waals surface area contributed by atoms with E-state index >= 15 is 0 Å². The van der Waals surface area contributed by atoms with Gasteiger partial charge in [-0.05, 0) is 36.4 Å². The lowest BCUT2D eigenvalue weighted by Crippen LogP contribution is -2.38.